The van der Waals surface area contributed by atoms with E-state index in [0.29, 0.717) is 0 Å². The number of imidazole rings is 1. The zero-order valence-corrected chi connectivity index (χ0v) is 14.4. The highest BCUT2D eigenvalue weighted by Crippen LogP contribution is 2.27. The van der Waals surface area contributed by atoms with Crippen molar-refractivity contribution in [1.29, 1.82) is 0 Å². The first-order valence-corrected chi connectivity index (χ1v) is 7.81. The maximum absolute atomic E-state index is 12.8. The normalized spacial score (nSPS) is 13.1. The van der Waals surface area contributed by atoms with Crippen LogP contribution in [0.25, 0.3) is 0 Å². The third kappa shape index (κ3) is 4.55. The van der Waals surface area contributed by atoms with E-state index in [1.165, 1.54) is 6.92 Å². The SMILES string of the molecule is Cc1cc(C(F)(F)F)nc(CNC(=O)C(C)n2ccnc2C(C)C)n1. The van der Waals surface area contributed by atoms with Crippen LogP contribution >= 0.6 is 0 Å². The van der Waals surface area contributed by atoms with E-state index < -0.39 is 17.9 Å². The minimum Gasteiger partial charge on any atom is -0.347 e. The molecule has 136 valence electrons. The zero-order chi connectivity index (χ0) is 18.8. The van der Waals surface area contributed by atoms with Crippen LogP contribution in [0.1, 0.15) is 55.8 Å². The van der Waals surface area contributed by atoms with Gasteiger partial charge >= 0.3 is 6.18 Å². The molecule has 0 saturated heterocycles. The molecular formula is C16H20F3N5O. The molecule has 25 heavy (non-hydrogen) atoms. The van der Waals surface area contributed by atoms with Gasteiger partial charge in [-0.25, -0.2) is 15.0 Å². The number of aromatic nitrogens is 4. The van der Waals surface area contributed by atoms with Crippen molar-refractivity contribution in [3.63, 3.8) is 0 Å². The second kappa shape index (κ2) is 7.20. The lowest BCUT2D eigenvalue weighted by atomic mass is 10.2. The molecule has 0 aliphatic rings. The number of nitrogens with one attached hydrogen (secondary N) is 1. The number of hydrogen-bond acceptors (Lipinski definition) is 4. The summed E-state index contributed by atoms with van der Waals surface area (Å²) in [5.41, 5.74) is -0.828. The predicted octanol–water partition coefficient (Wildman–Crippen LogP) is 3.00. The third-order valence-electron chi connectivity index (χ3n) is 3.62. The second-order valence-corrected chi connectivity index (χ2v) is 6.05. The van der Waals surface area contributed by atoms with Gasteiger partial charge in [-0.2, -0.15) is 13.2 Å². The summed E-state index contributed by atoms with van der Waals surface area (Å²) in [6.07, 6.45) is -1.24. The number of rotatable bonds is 5. The lowest BCUT2D eigenvalue weighted by Gasteiger charge is -2.17. The molecule has 2 aromatic rings. The van der Waals surface area contributed by atoms with Gasteiger partial charge in [-0.05, 0) is 19.9 Å². The van der Waals surface area contributed by atoms with Crippen molar-refractivity contribution in [2.24, 2.45) is 0 Å². The van der Waals surface area contributed by atoms with Gasteiger partial charge in [-0.3, -0.25) is 4.79 Å². The van der Waals surface area contributed by atoms with Crippen LogP contribution in [-0.4, -0.2) is 25.4 Å². The van der Waals surface area contributed by atoms with Gasteiger partial charge in [0.15, 0.2) is 0 Å². The Bertz CT molecular complexity index is 754. The highest BCUT2D eigenvalue weighted by atomic mass is 19.4. The molecular weight excluding hydrogens is 335 g/mol. The van der Waals surface area contributed by atoms with E-state index in [-0.39, 0.29) is 29.9 Å². The van der Waals surface area contributed by atoms with Crippen LogP contribution < -0.4 is 5.32 Å². The lowest BCUT2D eigenvalue weighted by molar-refractivity contribution is -0.141. The van der Waals surface area contributed by atoms with Gasteiger partial charge < -0.3 is 9.88 Å². The Morgan fingerprint density at radius 1 is 1.28 bits per heavy atom. The van der Waals surface area contributed by atoms with Gasteiger partial charge in [-0.15, -0.1) is 0 Å². The molecule has 2 heterocycles. The summed E-state index contributed by atoms with van der Waals surface area (Å²) in [6, 6.07) is 0.320. The average molecular weight is 355 g/mol. The highest BCUT2D eigenvalue weighted by molar-refractivity contribution is 5.79. The number of carbonyl (C=O) groups excluding carboxylic acids is 1. The largest absolute Gasteiger partial charge is 0.433 e. The first-order valence-electron chi connectivity index (χ1n) is 7.81. The van der Waals surface area contributed by atoms with Crippen molar-refractivity contribution in [1.82, 2.24) is 24.8 Å². The van der Waals surface area contributed by atoms with Gasteiger partial charge in [0.05, 0.1) is 6.54 Å². The van der Waals surface area contributed by atoms with Crippen molar-refractivity contribution < 1.29 is 18.0 Å². The first kappa shape index (κ1) is 18.9. The Morgan fingerprint density at radius 3 is 2.56 bits per heavy atom. The summed E-state index contributed by atoms with van der Waals surface area (Å²) in [5, 5.41) is 2.58. The maximum atomic E-state index is 12.8. The van der Waals surface area contributed by atoms with Gasteiger partial charge in [0.1, 0.15) is 23.4 Å². The van der Waals surface area contributed by atoms with E-state index in [9.17, 15) is 18.0 Å². The molecule has 1 atom stereocenters. The quantitative estimate of drug-likeness (QED) is 0.895. The smallest absolute Gasteiger partial charge is 0.347 e. The van der Waals surface area contributed by atoms with Gasteiger partial charge in [0.2, 0.25) is 5.91 Å². The molecule has 1 N–H and O–H groups in total. The fourth-order valence-corrected chi connectivity index (χ4v) is 2.39. The van der Waals surface area contributed by atoms with E-state index in [1.807, 2.05) is 13.8 Å². The van der Waals surface area contributed by atoms with Crippen molar-refractivity contribution in [3.05, 3.63) is 41.5 Å². The van der Waals surface area contributed by atoms with Crippen LogP contribution in [-0.2, 0) is 17.5 Å². The number of carbonyl (C=O) groups is 1. The fourth-order valence-electron chi connectivity index (χ4n) is 2.39. The summed E-state index contributed by atoms with van der Waals surface area (Å²) in [6.45, 7) is 6.89. The molecule has 2 aromatic heterocycles. The van der Waals surface area contributed by atoms with E-state index >= 15 is 0 Å². The van der Waals surface area contributed by atoms with Crippen molar-refractivity contribution in [2.45, 2.75) is 52.4 Å². The van der Waals surface area contributed by atoms with Gasteiger partial charge in [0, 0.05) is 24.0 Å². The standard InChI is InChI=1S/C16H20F3N5O/c1-9(2)14-20-5-6-24(14)11(4)15(25)21-8-13-22-10(3)7-12(23-13)16(17,18)19/h5-7,9,11H,8H2,1-4H3,(H,21,25). The fraction of sp³-hybridized carbons (Fsp3) is 0.500. The topological polar surface area (TPSA) is 72.7 Å². The molecule has 0 aromatic carbocycles. The molecule has 6 nitrogen and oxygen atoms in total. The van der Waals surface area contributed by atoms with Gasteiger partial charge in [-0.1, -0.05) is 13.8 Å². The highest BCUT2D eigenvalue weighted by Gasteiger charge is 2.33. The van der Waals surface area contributed by atoms with Crippen LogP contribution in [0.2, 0.25) is 0 Å². The predicted molar refractivity (Wildman–Crippen MR) is 84.6 cm³/mol. The summed E-state index contributed by atoms with van der Waals surface area (Å²) < 4.78 is 40.1. The molecule has 9 heteroatoms. The summed E-state index contributed by atoms with van der Waals surface area (Å²) in [4.78, 5) is 24.0. The van der Waals surface area contributed by atoms with Crippen molar-refractivity contribution >= 4 is 5.91 Å². The molecule has 1 unspecified atom stereocenters. The number of halogens is 3. The number of hydrogen-bond donors (Lipinski definition) is 1. The molecule has 0 aliphatic heterocycles. The Hall–Kier alpha value is -2.45. The minimum atomic E-state index is -4.55. The lowest BCUT2D eigenvalue weighted by Crippen LogP contribution is -2.32. The van der Waals surface area contributed by atoms with Crippen LogP contribution in [0.15, 0.2) is 18.5 Å². The van der Waals surface area contributed by atoms with Crippen molar-refractivity contribution in [2.75, 3.05) is 0 Å². The Labute approximate surface area is 143 Å². The summed E-state index contributed by atoms with van der Waals surface area (Å²) >= 11 is 0. The molecule has 0 aliphatic carbocycles. The Kier molecular flexibility index (Phi) is 5.44. The minimum absolute atomic E-state index is 0.0809. The number of aryl methyl sites for hydroxylation is 1. The van der Waals surface area contributed by atoms with Gasteiger partial charge in [0.25, 0.3) is 0 Å². The van der Waals surface area contributed by atoms with E-state index in [1.54, 1.807) is 23.9 Å². The van der Waals surface area contributed by atoms with E-state index in [0.717, 1.165) is 11.9 Å². The van der Waals surface area contributed by atoms with Crippen LogP contribution in [0, 0.1) is 6.92 Å². The first-order chi connectivity index (χ1) is 11.6. The number of amides is 1. The molecule has 1 amide bonds. The maximum Gasteiger partial charge on any atom is 0.433 e. The van der Waals surface area contributed by atoms with E-state index in [2.05, 4.69) is 20.3 Å². The summed E-state index contributed by atoms with van der Waals surface area (Å²) in [7, 11) is 0. The number of alkyl halides is 3. The monoisotopic (exact) mass is 355 g/mol. The molecule has 0 saturated carbocycles. The Morgan fingerprint density at radius 2 is 1.96 bits per heavy atom. The van der Waals surface area contributed by atoms with E-state index in [4.69, 9.17) is 0 Å². The number of nitrogens with zero attached hydrogens (tertiary/aromatic N) is 4. The van der Waals surface area contributed by atoms with Crippen LogP contribution in [0.4, 0.5) is 13.2 Å². The third-order valence-corrected chi connectivity index (χ3v) is 3.62. The molecule has 0 spiro atoms. The second-order valence-electron chi connectivity index (χ2n) is 6.05. The summed E-state index contributed by atoms with van der Waals surface area (Å²) in [5.74, 6) is 0.467. The zero-order valence-electron chi connectivity index (χ0n) is 14.4. The van der Waals surface area contributed by atoms with Crippen molar-refractivity contribution in [3.8, 4) is 0 Å². The molecule has 0 bridgehead atoms. The molecule has 0 radical (unpaired) electrons. The average Bonchev–Trinajstić information content (AvgIpc) is 3.00. The molecule has 0 fully saturated rings. The van der Waals surface area contributed by atoms with Crippen LogP contribution in [0.5, 0.6) is 0 Å². The Balaban J connectivity index is 2.09. The molecule has 2 rings (SSSR count). The van der Waals surface area contributed by atoms with Crippen LogP contribution in [0.3, 0.4) is 0 Å².